The number of nitrogens with two attached hydrogens (primary N) is 2. The van der Waals surface area contributed by atoms with Gasteiger partial charge in [0, 0.05) is 25.2 Å². The van der Waals surface area contributed by atoms with E-state index in [0.717, 1.165) is 44.8 Å². The number of carbonyl (C=O) groups excluding carboxylic acids is 1. The van der Waals surface area contributed by atoms with Crippen LogP contribution in [0.3, 0.4) is 0 Å². The van der Waals surface area contributed by atoms with Gasteiger partial charge < -0.3 is 9.47 Å². The summed E-state index contributed by atoms with van der Waals surface area (Å²) < 4.78 is 12.1. The highest BCUT2D eigenvalue weighted by Gasteiger charge is 2.71. The molecule has 0 aromatic rings. The van der Waals surface area contributed by atoms with Gasteiger partial charge in [-0.05, 0) is 56.3 Å². The van der Waals surface area contributed by atoms with E-state index in [1.807, 2.05) is 0 Å². The molecule has 6 rings (SSSR count). The smallest absolute Gasteiger partial charge is 0.225 e. The van der Waals surface area contributed by atoms with Gasteiger partial charge in [-0.2, -0.15) is 0 Å². The largest absolute Gasteiger partial charge is 0.348 e. The number of fused-ring (bicyclic) bond motifs is 6. The Morgan fingerprint density at radius 3 is 2.52 bits per heavy atom. The van der Waals surface area contributed by atoms with E-state index in [1.165, 1.54) is 38.8 Å². The molecule has 6 fully saturated rings. The zero-order chi connectivity index (χ0) is 18.3. The molecule has 4 saturated carbocycles. The topological polar surface area (TPSA) is 68.8 Å². The van der Waals surface area contributed by atoms with E-state index in [4.69, 9.17) is 9.47 Å². The van der Waals surface area contributed by atoms with E-state index >= 15 is 0 Å². The summed E-state index contributed by atoms with van der Waals surface area (Å²) in [7, 11) is 0. The molecule has 2 saturated heterocycles. The zero-order valence-electron chi connectivity index (χ0n) is 16.8. The van der Waals surface area contributed by atoms with Crippen LogP contribution in [0.4, 0.5) is 0 Å². The van der Waals surface area contributed by atoms with Crippen molar-refractivity contribution in [3.8, 4) is 0 Å². The van der Waals surface area contributed by atoms with Crippen molar-refractivity contribution < 1.29 is 24.9 Å². The van der Waals surface area contributed by atoms with Crippen LogP contribution in [0.1, 0.15) is 58.3 Å². The maximum Gasteiger partial charge on any atom is 0.225 e. The zero-order valence-corrected chi connectivity index (χ0v) is 16.8. The van der Waals surface area contributed by atoms with E-state index in [9.17, 15) is 4.79 Å². The van der Waals surface area contributed by atoms with E-state index in [1.54, 1.807) is 0 Å². The molecule has 2 heterocycles. The van der Waals surface area contributed by atoms with Gasteiger partial charge in [-0.25, -0.2) is 0 Å². The standard InChI is InChI=1S/C22H34N2O3/c1-20-13-18(25)19-15-4-6-21(26-10-11-27-21)12-14(15)2-3-16(19)17(20)5-7-22(20)23-8-9-24-22/h14-17,19,23-24H,2-13H2,1H3/p+2/t14-,15-,16+,17-,19-,20+/m0/s1. The lowest BCUT2D eigenvalue weighted by molar-refractivity contribution is -0.901. The van der Waals surface area contributed by atoms with Crippen LogP contribution in [0.5, 0.6) is 0 Å². The molecule has 0 radical (unpaired) electrons. The molecule has 5 nitrogen and oxygen atoms in total. The maximum atomic E-state index is 13.6. The van der Waals surface area contributed by atoms with E-state index < -0.39 is 0 Å². The van der Waals surface area contributed by atoms with Crippen molar-refractivity contribution in [3.63, 3.8) is 0 Å². The van der Waals surface area contributed by atoms with Crippen LogP contribution in [0.15, 0.2) is 0 Å². The highest BCUT2D eigenvalue weighted by molar-refractivity contribution is 5.84. The minimum atomic E-state index is -0.300. The average Bonchev–Trinajstić information content (AvgIpc) is 3.37. The molecule has 6 atom stereocenters. The van der Waals surface area contributed by atoms with Crippen LogP contribution in [-0.2, 0) is 14.3 Å². The number of Topliss-reactive ketones (excluding diaryl/α,β-unsaturated/α-hetero) is 1. The second kappa shape index (κ2) is 5.78. The summed E-state index contributed by atoms with van der Waals surface area (Å²) in [6.45, 7) is 6.41. The first-order valence-electron chi connectivity index (χ1n) is 11.6. The number of ketones is 1. The van der Waals surface area contributed by atoms with Crippen molar-refractivity contribution in [2.45, 2.75) is 69.7 Å². The van der Waals surface area contributed by atoms with Gasteiger partial charge >= 0.3 is 0 Å². The second-order valence-corrected chi connectivity index (χ2v) is 10.8. The van der Waals surface area contributed by atoms with Gasteiger partial charge in [0.15, 0.2) is 5.79 Å². The fourth-order valence-corrected chi connectivity index (χ4v) is 8.90. The average molecular weight is 377 g/mol. The molecule has 6 aliphatic rings. The lowest BCUT2D eigenvalue weighted by atomic mass is 9.49. The van der Waals surface area contributed by atoms with Gasteiger partial charge in [0.25, 0.3) is 0 Å². The minimum absolute atomic E-state index is 0.197. The third-order valence-corrected chi connectivity index (χ3v) is 10.0. The molecule has 4 aliphatic carbocycles. The van der Waals surface area contributed by atoms with E-state index in [2.05, 4.69) is 17.6 Å². The predicted molar refractivity (Wildman–Crippen MR) is 98.5 cm³/mol. The van der Waals surface area contributed by atoms with Crippen LogP contribution in [-0.4, -0.2) is 43.5 Å². The fourth-order valence-electron chi connectivity index (χ4n) is 8.90. The van der Waals surface area contributed by atoms with Crippen molar-refractivity contribution >= 4 is 5.78 Å². The third-order valence-electron chi connectivity index (χ3n) is 10.0. The molecule has 150 valence electrons. The fraction of sp³-hybridized carbons (Fsp3) is 0.955. The number of rotatable bonds is 0. The van der Waals surface area contributed by atoms with Crippen LogP contribution in [0, 0.1) is 35.0 Å². The second-order valence-electron chi connectivity index (χ2n) is 10.8. The van der Waals surface area contributed by atoms with Gasteiger partial charge in [-0.15, -0.1) is 0 Å². The third kappa shape index (κ3) is 2.23. The Hall–Kier alpha value is -0.490. The molecule has 4 N–H and O–H groups in total. The molecule has 0 aromatic carbocycles. The Morgan fingerprint density at radius 2 is 1.74 bits per heavy atom. The number of carbonyl (C=O) groups is 1. The van der Waals surface area contributed by atoms with Crippen molar-refractivity contribution in [1.29, 1.82) is 0 Å². The minimum Gasteiger partial charge on any atom is -0.348 e. The number of quaternary nitrogens is 2. The normalized spacial score (nSPS) is 50.0. The lowest BCUT2D eigenvalue weighted by Crippen LogP contribution is -3.14. The molecule has 0 unspecified atom stereocenters. The number of hydrogen-bond acceptors (Lipinski definition) is 3. The molecule has 0 aromatic heterocycles. The lowest BCUT2D eigenvalue weighted by Gasteiger charge is -2.55. The first-order valence-corrected chi connectivity index (χ1v) is 11.6. The molecule has 2 spiro atoms. The molecular weight excluding hydrogens is 340 g/mol. The molecular formula is C22H36N2O3+2. The number of ether oxygens (including phenoxy) is 2. The van der Waals surface area contributed by atoms with E-state index in [0.29, 0.717) is 29.5 Å². The monoisotopic (exact) mass is 376 g/mol. The van der Waals surface area contributed by atoms with Crippen LogP contribution >= 0.6 is 0 Å². The van der Waals surface area contributed by atoms with Crippen LogP contribution in [0.25, 0.3) is 0 Å². The Balaban J connectivity index is 1.28. The van der Waals surface area contributed by atoms with Gasteiger partial charge in [0.2, 0.25) is 5.66 Å². The Morgan fingerprint density at radius 1 is 0.963 bits per heavy atom. The molecule has 0 amide bonds. The summed E-state index contributed by atoms with van der Waals surface area (Å²) in [6.07, 6.45) is 9.15. The maximum absolute atomic E-state index is 13.6. The summed E-state index contributed by atoms with van der Waals surface area (Å²) in [4.78, 5) is 13.6. The molecule has 2 aliphatic heterocycles. The van der Waals surface area contributed by atoms with Crippen LogP contribution < -0.4 is 10.6 Å². The van der Waals surface area contributed by atoms with Gasteiger partial charge in [0.05, 0.1) is 25.0 Å². The number of hydrogen-bond donors (Lipinski definition) is 2. The summed E-state index contributed by atoms with van der Waals surface area (Å²) in [5.41, 5.74) is 0.458. The van der Waals surface area contributed by atoms with Crippen LogP contribution in [0.2, 0.25) is 0 Å². The summed E-state index contributed by atoms with van der Waals surface area (Å²) in [5.74, 6) is 3.25. The van der Waals surface area contributed by atoms with Crippen molar-refractivity contribution in [3.05, 3.63) is 0 Å². The molecule has 27 heavy (non-hydrogen) atoms. The first-order chi connectivity index (χ1) is 13.1. The summed E-state index contributed by atoms with van der Waals surface area (Å²) >= 11 is 0. The highest BCUT2D eigenvalue weighted by atomic mass is 16.7. The predicted octanol–water partition coefficient (Wildman–Crippen LogP) is 0.398. The van der Waals surface area contributed by atoms with Crippen molar-refractivity contribution in [1.82, 2.24) is 0 Å². The van der Waals surface area contributed by atoms with Gasteiger partial charge in [0.1, 0.15) is 18.9 Å². The van der Waals surface area contributed by atoms with Gasteiger partial charge in [-0.3, -0.25) is 15.4 Å². The Bertz CT molecular complexity index is 639. The summed E-state index contributed by atoms with van der Waals surface area (Å²) in [5, 5.41) is 5.18. The molecule has 0 bridgehead atoms. The Labute approximate surface area is 162 Å². The Kier molecular flexibility index (Phi) is 3.72. The quantitative estimate of drug-likeness (QED) is 0.643. The molecule has 5 heteroatoms. The summed E-state index contributed by atoms with van der Waals surface area (Å²) in [6, 6.07) is 0. The SMILES string of the molecule is C[C@@]12CC(=O)[C@H]3[C@H]4CCC5(C[C@@H]4CC[C@@H]3[C@@H]1CCC21[NH2+]CC[NH2+]1)OCCO5. The first kappa shape index (κ1) is 17.4. The highest BCUT2D eigenvalue weighted by Crippen LogP contribution is 2.63. The van der Waals surface area contributed by atoms with E-state index in [-0.39, 0.29) is 16.9 Å². The van der Waals surface area contributed by atoms with Gasteiger partial charge in [-0.1, -0.05) is 0 Å². The van der Waals surface area contributed by atoms with Crippen molar-refractivity contribution in [2.24, 2.45) is 35.0 Å². The van der Waals surface area contributed by atoms with Crippen molar-refractivity contribution in [2.75, 3.05) is 26.3 Å².